The van der Waals surface area contributed by atoms with Crippen molar-refractivity contribution >= 4 is 44.9 Å². The van der Waals surface area contributed by atoms with Crippen LogP contribution >= 0.6 is 28.1 Å². The second-order valence-corrected chi connectivity index (χ2v) is 9.79. The molecule has 1 fully saturated rings. The molecule has 4 aromatic rings. The van der Waals surface area contributed by atoms with Gasteiger partial charge in [-0.05, 0) is 98.4 Å². The molecule has 2 unspecified atom stereocenters. The van der Waals surface area contributed by atoms with Gasteiger partial charge in [0.25, 0.3) is 0 Å². The van der Waals surface area contributed by atoms with E-state index in [1.165, 1.54) is 0 Å². The Morgan fingerprint density at radius 3 is 2.34 bits per heavy atom. The normalized spacial score (nSPS) is 17.5. The summed E-state index contributed by atoms with van der Waals surface area (Å²) in [6.07, 6.45) is 1.80. The van der Waals surface area contributed by atoms with Crippen LogP contribution in [0.25, 0.3) is 5.69 Å². The molecule has 1 aliphatic rings. The molecule has 0 aliphatic carbocycles. The minimum absolute atomic E-state index is 0.128. The lowest BCUT2D eigenvalue weighted by Crippen LogP contribution is -2.29. The fourth-order valence-electron chi connectivity index (χ4n) is 4.79. The maximum absolute atomic E-state index is 11.3. The molecule has 1 saturated heterocycles. The average molecular weight is 547 g/mol. The third kappa shape index (κ3) is 4.24. The Morgan fingerprint density at radius 1 is 1.03 bits per heavy atom. The number of hydrogen-bond donors (Lipinski definition) is 2. The van der Waals surface area contributed by atoms with Gasteiger partial charge in [0.05, 0.1) is 23.3 Å². The van der Waals surface area contributed by atoms with Crippen molar-refractivity contribution < 1.29 is 9.90 Å². The van der Waals surface area contributed by atoms with Crippen LogP contribution in [0.4, 0.5) is 5.69 Å². The lowest BCUT2D eigenvalue weighted by atomic mass is 9.96. The smallest absolute Gasteiger partial charge is 0.335 e. The Morgan fingerprint density at radius 2 is 1.71 bits per heavy atom. The van der Waals surface area contributed by atoms with E-state index in [-0.39, 0.29) is 17.6 Å². The highest BCUT2D eigenvalue weighted by Gasteiger charge is 2.42. The topological polar surface area (TPSA) is 70.4 Å². The van der Waals surface area contributed by atoms with Gasteiger partial charge in [-0.3, -0.25) is 4.98 Å². The van der Waals surface area contributed by atoms with Crippen LogP contribution in [-0.4, -0.2) is 25.7 Å². The second kappa shape index (κ2) is 9.28. The van der Waals surface area contributed by atoms with Gasteiger partial charge in [-0.1, -0.05) is 22.0 Å². The number of thiocarbonyl (C=S) groups is 1. The van der Waals surface area contributed by atoms with Crippen molar-refractivity contribution in [2.24, 2.45) is 0 Å². The van der Waals surface area contributed by atoms with Crippen LogP contribution < -0.4 is 10.2 Å². The molecule has 1 aliphatic heterocycles. The third-order valence-electron chi connectivity index (χ3n) is 6.36. The number of carboxylic acid groups (broad SMARTS) is 1. The first-order valence-electron chi connectivity index (χ1n) is 11.1. The quantitative estimate of drug-likeness (QED) is 0.293. The maximum Gasteiger partial charge on any atom is 0.335 e. The highest BCUT2D eigenvalue weighted by molar-refractivity contribution is 9.10. The van der Waals surface area contributed by atoms with Crippen LogP contribution in [0.2, 0.25) is 0 Å². The van der Waals surface area contributed by atoms with E-state index in [0.29, 0.717) is 5.11 Å². The molecule has 0 bridgehead atoms. The molecule has 176 valence electrons. The van der Waals surface area contributed by atoms with Crippen molar-refractivity contribution in [2.45, 2.75) is 25.9 Å². The molecule has 5 rings (SSSR count). The zero-order valence-corrected chi connectivity index (χ0v) is 21.5. The van der Waals surface area contributed by atoms with Gasteiger partial charge in [0.15, 0.2) is 5.11 Å². The maximum atomic E-state index is 11.3. The summed E-state index contributed by atoms with van der Waals surface area (Å²) in [5.41, 5.74) is 6.31. The number of carbonyl (C=O) groups is 1. The van der Waals surface area contributed by atoms with Crippen molar-refractivity contribution in [3.05, 3.63) is 112 Å². The minimum Gasteiger partial charge on any atom is -0.478 e. The summed E-state index contributed by atoms with van der Waals surface area (Å²) in [6, 6.07) is 22.9. The van der Waals surface area contributed by atoms with Gasteiger partial charge in [-0.2, -0.15) is 0 Å². The highest BCUT2D eigenvalue weighted by atomic mass is 79.9. The Hall–Kier alpha value is -3.49. The van der Waals surface area contributed by atoms with E-state index in [1.807, 2.05) is 42.5 Å². The van der Waals surface area contributed by atoms with Gasteiger partial charge < -0.3 is 19.9 Å². The standard InChI is InChI=1S/C27H23BrN4O2S/c1-16-15-22(17(2)31(16)20-10-6-18(7-11-20)26(33)34)25-24(23-5-3-4-14-29-23)30-27(35)32(25)21-12-8-19(28)9-13-21/h3-15,24-25H,1-2H3,(H,30,35)(H,33,34). The molecule has 0 radical (unpaired) electrons. The molecule has 0 saturated carbocycles. The largest absolute Gasteiger partial charge is 0.478 e. The average Bonchev–Trinajstić information content (AvgIpc) is 3.35. The molecular formula is C27H23BrN4O2S. The Labute approximate surface area is 217 Å². The molecule has 0 amide bonds. The molecule has 2 aromatic heterocycles. The predicted molar refractivity (Wildman–Crippen MR) is 144 cm³/mol. The lowest BCUT2D eigenvalue weighted by Gasteiger charge is -2.28. The summed E-state index contributed by atoms with van der Waals surface area (Å²) in [5, 5.41) is 13.4. The van der Waals surface area contributed by atoms with E-state index in [0.717, 1.165) is 38.5 Å². The summed E-state index contributed by atoms with van der Waals surface area (Å²) in [7, 11) is 0. The van der Waals surface area contributed by atoms with E-state index >= 15 is 0 Å². The number of nitrogens with zero attached hydrogens (tertiary/aromatic N) is 3. The summed E-state index contributed by atoms with van der Waals surface area (Å²) in [5.74, 6) is -0.938. The number of benzene rings is 2. The van der Waals surface area contributed by atoms with Crippen molar-refractivity contribution in [1.29, 1.82) is 0 Å². The molecular weight excluding hydrogens is 524 g/mol. The third-order valence-corrected chi connectivity index (χ3v) is 7.21. The molecule has 3 heterocycles. The fourth-order valence-corrected chi connectivity index (χ4v) is 5.40. The number of aryl methyl sites for hydroxylation is 1. The number of aromatic carboxylic acids is 1. The SMILES string of the molecule is Cc1cc(C2C(c3ccccn3)NC(=S)N2c2ccc(Br)cc2)c(C)n1-c1ccc(C(=O)O)cc1. The number of carboxylic acids is 1. The number of halogens is 1. The zero-order chi connectivity index (χ0) is 24.7. The molecule has 2 N–H and O–H groups in total. The number of pyridine rings is 1. The summed E-state index contributed by atoms with van der Waals surface area (Å²) >= 11 is 9.36. The number of anilines is 1. The number of rotatable bonds is 5. The summed E-state index contributed by atoms with van der Waals surface area (Å²) in [6.45, 7) is 4.14. The fraction of sp³-hybridized carbons (Fsp3) is 0.148. The monoisotopic (exact) mass is 546 g/mol. The van der Waals surface area contributed by atoms with Gasteiger partial charge in [0, 0.05) is 33.4 Å². The first-order chi connectivity index (χ1) is 16.8. The number of aromatic nitrogens is 2. The van der Waals surface area contributed by atoms with Crippen LogP contribution in [0.5, 0.6) is 0 Å². The molecule has 2 aromatic carbocycles. The molecule has 8 heteroatoms. The lowest BCUT2D eigenvalue weighted by molar-refractivity contribution is 0.0697. The summed E-state index contributed by atoms with van der Waals surface area (Å²) in [4.78, 5) is 18.1. The van der Waals surface area contributed by atoms with Crippen LogP contribution in [0.1, 0.15) is 45.1 Å². The highest BCUT2D eigenvalue weighted by Crippen LogP contribution is 2.43. The van der Waals surface area contributed by atoms with Crippen molar-refractivity contribution in [3.8, 4) is 5.69 Å². The van der Waals surface area contributed by atoms with Crippen LogP contribution in [0.15, 0.2) is 83.5 Å². The van der Waals surface area contributed by atoms with Gasteiger partial charge in [0.2, 0.25) is 0 Å². The first-order valence-corrected chi connectivity index (χ1v) is 12.3. The Bertz CT molecular complexity index is 1400. The summed E-state index contributed by atoms with van der Waals surface area (Å²) < 4.78 is 3.15. The van der Waals surface area contributed by atoms with Crippen molar-refractivity contribution in [2.75, 3.05) is 4.90 Å². The van der Waals surface area contributed by atoms with Crippen molar-refractivity contribution in [3.63, 3.8) is 0 Å². The van der Waals surface area contributed by atoms with Gasteiger partial charge in [0.1, 0.15) is 0 Å². The van der Waals surface area contributed by atoms with Crippen LogP contribution in [0, 0.1) is 13.8 Å². The van der Waals surface area contributed by atoms with Crippen molar-refractivity contribution in [1.82, 2.24) is 14.9 Å². The van der Waals surface area contributed by atoms with Crippen LogP contribution in [-0.2, 0) is 0 Å². The van der Waals surface area contributed by atoms with E-state index in [4.69, 9.17) is 12.2 Å². The van der Waals surface area contributed by atoms with E-state index in [2.05, 4.69) is 67.7 Å². The van der Waals surface area contributed by atoms with Crippen LogP contribution in [0.3, 0.4) is 0 Å². The molecule has 0 spiro atoms. The number of nitrogens with one attached hydrogen (secondary N) is 1. The van der Waals surface area contributed by atoms with E-state index in [1.54, 1.807) is 18.3 Å². The second-order valence-electron chi connectivity index (χ2n) is 8.49. The van der Waals surface area contributed by atoms with Gasteiger partial charge >= 0.3 is 5.97 Å². The molecule has 35 heavy (non-hydrogen) atoms. The van der Waals surface area contributed by atoms with Gasteiger partial charge in [-0.15, -0.1) is 0 Å². The van der Waals surface area contributed by atoms with E-state index < -0.39 is 5.97 Å². The molecule has 2 atom stereocenters. The molecule has 6 nitrogen and oxygen atoms in total. The first kappa shape index (κ1) is 23.3. The Balaban J connectivity index is 1.65. The zero-order valence-electron chi connectivity index (χ0n) is 19.1. The van der Waals surface area contributed by atoms with E-state index in [9.17, 15) is 9.90 Å². The number of hydrogen-bond acceptors (Lipinski definition) is 3. The minimum atomic E-state index is -0.938. The Kier molecular flexibility index (Phi) is 6.17. The predicted octanol–water partition coefficient (Wildman–Crippen LogP) is 6.13. The van der Waals surface area contributed by atoms with Gasteiger partial charge in [-0.25, -0.2) is 4.79 Å².